The third kappa shape index (κ3) is 5.31. The van der Waals surface area contributed by atoms with Gasteiger partial charge in [-0.3, -0.25) is 9.69 Å². The minimum Gasteiger partial charge on any atom is -0.308 e. The van der Waals surface area contributed by atoms with Crippen molar-refractivity contribution in [1.29, 1.82) is 0 Å². The fraction of sp³-hybridized carbons (Fsp3) is 0.333. The maximum absolute atomic E-state index is 13.0. The standard InChI is InChI=1S/C21H25N3OS2/c1-4-16-10-11-18-19(14-16)27-21(22-18)24(13-12-23(2)3)20(25)15-26-17-8-6-5-7-9-17/h5-11,14H,4,12-13,15H2,1-3H3. The van der Waals surface area contributed by atoms with E-state index in [-0.39, 0.29) is 5.91 Å². The van der Waals surface area contributed by atoms with Crippen LogP contribution in [0.2, 0.25) is 0 Å². The third-order valence-corrected chi connectivity index (χ3v) is 6.30. The van der Waals surface area contributed by atoms with Crippen molar-refractivity contribution in [3.8, 4) is 0 Å². The molecule has 0 saturated heterocycles. The van der Waals surface area contributed by atoms with Crippen molar-refractivity contribution in [2.75, 3.05) is 37.8 Å². The number of carbonyl (C=O) groups is 1. The fourth-order valence-corrected chi connectivity index (χ4v) is 4.53. The summed E-state index contributed by atoms with van der Waals surface area (Å²) in [5, 5.41) is 0.791. The molecule has 0 saturated carbocycles. The molecule has 3 rings (SSSR count). The summed E-state index contributed by atoms with van der Waals surface area (Å²) in [6.45, 7) is 3.59. The highest BCUT2D eigenvalue weighted by molar-refractivity contribution is 8.00. The highest BCUT2D eigenvalue weighted by Crippen LogP contribution is 2.30. The van der Waals surface area contributed by atoms with E-state index in [2.05, 4.69) is 30.0 Å². The number of amides is 1. The maximum Gasteiger partial charge on any atom is 0.239 e. The zero-order valence-electron chi connectivity index (χ0n) is 16.0. The number of nitrogens with zero attached hydrogens (tertiary/aromatic N) is 3. The van der Waals surface area contributed by atoms with Gasteiger partial charge < -0.3 is 4.90 Å². The molecule has 3 aromatic rings. The van der Waals surface area contributed by atoms with Crippen molar-refractivity contribution >= 4 is 44.4 Å². The van der Waals surface area contributed by atoms with E-state index in [0.29, 0.717) is 12.3 Å². The second-order valence-electron chi connectivity index (χ2n) is 6.60. The minimum absolute atomic E-state index is 0.0977. The van der Waals surface area contributed by atoms with Crippen molar-refractivity contribution in [3.05, 3.63) is 54.1 Å². The Kier molecular flexibility index (Phi) is 6.88. The number of aryl methyl sites for hydroxylation is 1. The summed E-state index contributed by atoms with van der Waals surface area (Å²) in [4.78, 5) is 22.8. The van der Waals surface area contributed by atoms with Crippen LogP contribution in [0.4, 0.5) is 5.13 Å². The average Bonchev–Trinajstić information content (AvgIpc) is 3.09. The molecule has 1 heterocycles. The first-order valence-corrected chi connectivity index (χ1v) is 10.9. The lowest BCUT2D eigenvalue weighted by Gasteiger charge is -2.21. The highest BCUT2D eigenvalue weighted by atomic mass is 32.2. The second-order valence-corrected chi connectivity index (χ2v) is 8.66. The molecule has 0 unspecified atom stereocenters. The minimum atomic E-state index is 0.0977. The Morgan fingerprint density at radius 2 is 1.89 bits per heavy atom. The number of hydrogen-bond donors (Lipinski definition) is 0. The lowest BCUT2D eigenvalue weighted by Crippen LogP contribution is -2.37. The van der Waals surface area contributed by atoms with Gasteiger partial charge in [0, 0.05) is 18.0 Å². The van der Waals surface area contributed by atoms with Crippen LogP contribution >= 0.6 is 23.1 Å². The summed E-state index contributed by atoms with van der Waals surface area (Å²) in [5.74, 6) is 0.508. The third-order valence-electron chi connectivity index (χ3n) is 4.26. The first-order chi connectivity index (χ1) is 13.1. The Labute approximate surface area is 169 Å². The van der Waals surface area contributed by atoms with Gasteiger partial charge in [0.15, 0.2) is 5.13 Å². The van der Waals surface area contributed by atoms with Crippen LogP contribution in [0.3, 0.4) is 0 Å². The van der Waals surface area contributed by atoms with E-state index in [0.717, 1.165) is 33.2 Å². The van der Waals surface area contributed by atoms with Gasteiger partial charge >= 0.3 is 0 Å². The average molecular weight is 400 g/mol. The summed E-state index contributed by atoms with van der Waals surface area (Å²) in [6.07, 6.45) is 1.00. The molecule has 4 nitrogen and oxygen atoms in total. The summed E-state index contributed by atoms with van der Waals surface area (Å²) >= 11 is 3.17. The van der Waals surface area contributed by atoms with Gasteiger partial charge in [-0.1, -0.05) is 42.5 Å². The molecule has 1 amide bonds. The number of carbonyl (C=O) groups excluding carboxylic acids is 1. The predicted molar refractivity (Wildman–Crippen MR) is 117 cm³/mol. The smallest absolute Gasteiger partial charge is 0.239 e. The number of hydrogen-bond acceptors (Lipinski definition) is 5. The van der Waals surface area contributed by atoms with E-state index in [9.17, 15) is 4.79 Å². The number of benzene rings is 2. The van der Waals surface area contributed by atoms with Gasteiger partial charge in [-0.05, 0) is 50.3 Å². The Morgan fingerprint density at radius 3 is 2.59 bits per heavy atom. The molecule has 0 spiro atoms. The number of thiazole rings is 1. The van der Waals surface area contributed by atoms with Gasteiger partial charge in [-0.15, -0.1) is 11.8 Å². The Balaban J connectivity index is 1.80. The number of rotatable bonds is 8. The quantitative estimate of drug-likeness (QED) is 0.521. The lowest BCUT2D eigenvalue weighted by atomic mass is 10.2. The van der Waals surface area contributed by atoms with E-state index < -0.39 is 0 Å². The number of thioether (sulfide) groups is 1. The van der Waals surface area contributed by atoms with Gasteiger partial charge in [0.1, 0.15) is 0 Å². The Morgan fingerprint density at radius 1 is 1.11 bits per heavy atom. The molecule has 27 heavy (non-hydrogen) atoms. The van der Waals surface area contributed by atoms with Gasteiger partial charge in [0.05, 0.1) is 16.0 Å². The van der Waals surface area contributed by atoms with Crippen molar-refractivity contribution in [3.63, 3.8) is 0 Å². The molecule has 142 valence electrons. The molecule has 0 aliphatic heterocycles. The van der Waals surface area contributed by atoms with Crippen molar-refractivity contribution in [2.24, 2.45) is 0 Å². The van der Waals surface area contributed by atoms with E-state index in [1.54, 1.807) is 23.1 Å². The second kappa shape index (κ2) is 9.35. The van der Waals surface area contributed by atoms with E-state index in [4.69, 9.17) is 4.98 Å². The highest BCUT2D eigenvalue weighted by Gasteiger charge is 2.20. The van der Waals surface area contributed by atoms with Crippen LogP contribution in [-0.4, -0.2) is 48.7 Å². The molecular weight excluding hydrogens is 374 g/mol. The fourth-order valence-electron chi connectivity index (χ4n) is 2.66. The lowest BCUT2D eigenvalue weighted by molar-refractivity contribution is -0.116. The molecule has 6 heteroatoms. The van der Waals surface area contributed by atoms with E-state index >= 15 is 0 Å². The number of aromatic nitrogens is 1. The maximum atomic E-state index is 13.0. The topological polar surface area (TPSA) is 36.4 Å². The zero-order valence-corrected chi connectivity index (χ0v) is 17.6. The summed E-state index contributed by atoms with van der Waals surface area (Å²) in [5.41, 5.74) is 2.26. The SMILES string of the molecule is CCc1ccc2nc(N(CCN(C)C)C(=O)CSc3ccccc3)sc2c1. The van der Waals surface area contributed by atoms with E-state index in [1.807, 2.05) is 49.3 Å². The normalized spacial score (nSPS) is 11.3. The molecule has 0 aliphatic rings. The Bertz CT molecular complexity index is 893. The number of fused-ring (bicyclic) bond motifs is 1. The number of anilines is 1. The molecule has 2 aromatic carbocycles. The van der Waals surface area contributed by atoms with Crippen LogP contribution in [0, 0.1) is 0 Å². The van der Waals surface area contributed by atoms with Crippen molar-refractivity contribution < 1.29 is 4.79 Å². The largest absolute Gasteiger partial charge is 0.308 e. The van der Waals surface area contributed by atoms with Gasteiger partial charge in [0.25, 0.3) is 0 Å². The van der Waals surface area contributed by atoms with Crippen molar-refractivity contribution in [2.45, 2.75) is 18.2 Å². The van der Waals surface area contributed by atoms with Crippen LogP contribution in [0.15, 0.2) is 53.4 Å². The van der Waals surface area contributed by atoms with E-state index in [1.165, 1.54) is 5.56 Å². The van der Waals surface area contributed by atoms with Crippen LogP contribution in [0.5, 0.6) is 0 Å². The van der Waals surface area contributed by atoms with Crippen molar-refractivity contribution in [1.82, 2.24) is 9.88 Å². The van der Waals surface area contributed by atoms with Crippen LogP contribution < -0.4 is 4.90 Å². The van der Waals surface area contributed by atoms with Crippen LogP contribution in [0.25, 0.3) is 10.2 Å². The van der Waals surface area contributed by atoms with Gasteiger partial charge in [-0.2, -0.15) is 0 Å². The Hall–Kier alpha value is -1.89. The first-order valence-electron chi connectivity index (χ1n) is 9.09. The summed E-state index contributed by atoms with van der Waals surface area (Å²) in [7, 11) is 4.04. The molecular formula is C21H25N3OS2. The molecule has 1 aromatic heterocycles. The first kappa shape index (κ1) is 19.9. The molecule has 0 atom stereocenters. The summed E-state index contributed by atoms with van der Waals surface area (Å²) in [6, 6.07) is 16.4. The van der Waals surface area contributed by atoms with Gasteiger partial charge in [-0.25, -0.2) is 4.98 Å². The van der Waals surface area contributed by atoms with Crippen LogP contribution in [0.1, 0.15) is 12.5 Å². The van der Waals surface area contributed by atoms with Crippen LogP contribution in [-0.2, 0) is 11.2 Å². The molecule has 0 aliphatic carbocycles. The molecule has 0 N–H and O–H groups in total. The number of likely N-dealkylation sites (N-methyl/N-ethyl adjacent to an activating group) is 1. The molecule has 0 fully saturated rings. The summed E-state index contributed by atoms with van der Waals surface area (Å²) < 4.78 is 1.14. The molecule has 0 radical (unpaired) electrons. The predicted octanol–water partition coefficient (Wildman–Crippen LogP) is 4.55. The molecule has 0 bridgehead atoms. The van der Waals surface area contributed by atoms with Gasteiger partial charge in [0.2, 0.25) is 5.91 Å². The zero-order chi connectivity index (χ0) is 19.2. The monoisotopic (exact) mass is 399 g/mol.